The maximum absolute atomic E-state index is 5.66. The van der Waals surface area contributed by atoms with E-state index in [-0.39, 0.29) is 12.2 Å². The molecule has 0 radical (unpaired) electrons. The van der Waals surface area contributed by atoms with Crippen LogP contribution in [-0.4, -0.2) is 37.0 Å². The highest BCUT2D eigenvalue weighted by molar-refractivity contribution is 4.99. The first kappa shape index (κ1) is 12.0. The van der Waals surface area contributed by atoms with Gasteiger partial charge in [0.25, 0.3) is 0 Å². The smallest absolute Gasteiger partial charge is 0.163 e. The van der Waals surface area contributed by atoms with Crippen molar-refractivity contribution >= 4 is 0 Å². The molecule has 2 fully saturated rings. The lowest BCUT2D eigenvalue weighted by molar-refractivity contribution is -0.135. The van der Waals surface area contributed by atoms with Crippen molar-refractivity contribution in [3.05, 3.63) is 12.2 Å². The van der Waals surface area contributed by atoms with E-state index in [9.17, 15) is 0 Å². The van der Waals surface area contributed by atoms with Crippen molar-refractivity contribution in [1.29, 1.82) is 0 Å². The standard InChI is InChI=1S/C12H20O4/c1-11(2)13-7-9(15-11)5-6-10-8-14-12(3,4)16-10/h5-6,9-10H,7-8H2,1-4H3/b6-5+. The van der Waals surface area contributed by atoms with Gasteiger partial charge < -0.3 is 18.9 Å². The number of hydrogen-bond donors (Lipinski definition) is 0. The van der Waals surface area contributed by atoms with E-state index < -0.39 is 11.6 Å². The third-order valence-electron chi connectivity index (χ3n) is 2.60. The largest absolute Gasteiger partial charge is 0.347 e. The molecule has 92 valence electrons. The Balaban J connectivity index is 1.82. The van der Waals surface area contributed by atoms with Crippen molar-refractivity contribution in [2.75, 3.05) is 13.2 Å². The summed E-state index contributed by atoms with van der Waals surface area (Å²) < 4.78 is 22.2. The van der Waals surface area contributed by atoms with Crippen molar-refractivity contribution in [3.8, 4) is 0 Å². The predicted octanol–water partition coefficient (Wildman–Crippen LogP) is 1.85. The topological polar surface area (TPSA) is 36.9 Å². The van der Waals surface area contributed by atoms with Crippen molar-refractivity contribution in [1.82, 2.24) is 0 Å². The lowest BCUT2D eigenvalue weighted by atomic mass is 10.2. The molecule has 0 aliphatic carbocycles. The van der Waals surface area contributed by atoms with Gasteiger partial charge in [-0.1, -0.05) is 12.2 Å². The van der Waals surface area contributed by atoms with Crippen molar-refractivity contribution in [3.63, 3.8) is 0 Å². The molecule has 0 aromatic carbocycles. The summed E-state index contributed by atoms with van der Waals surface area (Å²) >= 11 is 0. The minimum atomic E-state index is -0.471. The maximum atomic E-state index is 5.66. The number of ether oxygens (including phenoxy) is 4. The number of rotatable bonds is 2. The van der Waals surface area contributed by atoms with Crippen molar-refractivity contribution in [2.24, 2.45) is 0 Å². The zero-order valence-corrected chi connectivity index (χ0v) is 10.4. The summed E-state index contributed by atoms with van der Waals surface area (Å²) in [5.41, 5.74) is 0. The quantitative estimate of drug-likeness (QED) is 0.676. The van der Waals surface area contributed by atoms with Gasteiger partial charge in [0.15, 0.2) is 11.6 Å². The zero-order valence-electron chi connectivity index (χ0n) is 10.4. The minimum absolute atomic E-state index is 0.0160. The molecule has 2 heterocycles. The summed E-state index contributed by atoms with van der Waals surface area (Å²) in [4.78, 5) is 0. The lowest BCUT2D eigenvalue weighted by Crippen LogP contribution is -2.21. The Morgan fingerprint density at radius 3 is 1.44 bits per heavy atom. The second-order valence-corrected chi connectivity index (χ2v) is 5.12. The van der Waals surface area contributed by atoms with Crippen molar-refractivity contribution < 1.29 is 18.9 Å². The summed E-state index contributed by atoms with van der Waals surface area (Å²) in [5, 5.41) is 0. The van der Waals surface area contributed by atoms with Crippen LogP contribution in [-0.2, 0) is 18.9 Å². The van der Waals surface area contributed by atoms with Gasteiger partial charge in [-0.2, -0.15) is 0 Å². The van der Waals surface area contributed by atoms with Gasteiger partial charge in [-0.05, 0) is 27.7 Å². The van der Waals surface area contributed by atoms with Crippen LogP contribution in [0.1, 0.15) is 27.7 Å². The molecule has 2 unspecified atom stereocenters. The monoisotopic (exact) mass is 228 g/mol. The molecule has 0 saturated carbocycles. The molecule has 0 aromatic rings. The second kappa shape index (κ2) is 4.11. The van der Waals surface area contributed by atoms with Gasteiger partial charge in [-0.15, -0.1) is 0 Å². The Hall–Kier alpha value is -0.420. The fourth-order valence-corrected chi connectivity index (χ4v) is 1.87. The third kappa shape index (κ3) is 3.04. The van der Waals surface area contributed by atoms with Crippen LogP contribution in [0.15, 0.2) is 12.2 Å². The molecule has 2 atom stereocenters. The zero-order chi connectivity index (χ0) is 11.8. The summed E-state index contributed by atoms with van der Waals surface area (Å²) in [7, 11) is 0. The molecule has 2 saturated heterocycles. The molecule has 0 spiro atoms. The third-order valence-corrected chi connectivity index (χ3v) is 2.60. The van der Waals surface area contributed by atoms with Gasteiger partial charge >= 0.3 is 0 Å². The number of hydrogen-bond acceptors (Lipinski definition) is 4. The van der Waals surface area contributed by atoms with E-state index >= 15 is 0 Å². The van der Waals surface area contributed by atoms with Gasteiger partial charge in [-0.25, -0.2) is 0 Å². The molecule has 0 N–H and O–H groups in total. The molecular weight excluding hydrogens is 208 g/mol. The van der Waals surface area contributed by atoms with E-state index in [1.807, 2.05) is 39.8 Å². The molecule has 4 nitrogen and oxygen atoms in total. The van der Waals surface area contributed by atoms with Crippen molar-refractivity contribution in [2.45, 2.75) is 51.5 Å². The van der Waals surface area contributed by atoms with Gasteiger partial charge in [0.1, 0.15) is 12.2 Å². The first-order valence-electron chi connectivity index (χ1n) is 5.68. The van der Waals surface area contributed by atoms with Crippen LogP contribution in [0.5, 0.6) is 0 Å². The van der Waals surface area contributed by atoms with E-state index in [0.717, 1.165) is 0 Å². The Bertz CT molecular complexity index is 255. The molecule has 0 amide bonds. The van der Waals surface area contributed by atoms with Gasteiger partial charge in [0, 0.05) is 0 Å². The molecular formula is C12H20O4. The molecule has 2 aliphatic rings. The Kier molecular flexibility index (Phi) is 3.09. The van der Waals surface area contributed by atoms with Crippen LogP contribution in [0.2, 0.25) is 0 Å². The summed E-state index contributed by atoms with van der Waals surface area (Å²) in [6.07, 6.45) is 4.01. The molecule has 2 aliphatic heterocycles. The summed E-state index contributed by atoms with van der Waals surface area (Å²) in [6.45, 7) is 8.86. The molecule has 2 rings (SSSR count). The van der Waals surface area contributed by atoms with Crippen LogP contribution in [0, 0.1) is 0 Å². The highest BCUT2D eigenvalue weighted by Gasteiger charge is 2.33. The molecule has 0 bridgehead atoms. The summed E-state index contributed by atoms with van der Waals surface area (Å²) in [5.74, 6) is -0.942. The first-order chi connectivity index (χ1) is 7.36. The van der Waals surface area contributed by atoms with E-state index in [4.69, 9.17) is 18.9 Å². The lowest BCUT2D eigenvalue weighted by Gasteiger charge is -2.16. The SMILES string of the molecule is CC1(C)OCC(/C=C/C2COC(C)(C)O2)O1. The fourth-order valence-electron chi connectivity index (χ4n) is 1.87. The van der Waals surface area contributed by atoms with Gasteiger partial charge in [-0.3, -0.25) is 0 Å². The first-order valence-corrected chi connectivity index (χ1v) is 5.68. The van der Waals surface area contributed by atoms with E-state index in [1.165, 1.54) is 0 Å². The Morgan fingerprint density at radius 2 is 1.19 bits per heavy atom. The highest BCUT2D eigenvalue weighted by Crippen LogP contribution is 2.25. The van der Waals surface area contributed by atoms with Gasteiger partial charge in [0.05, 0.1) is 13.2 Å². The summed E-state index contributed by atoms with van der Waals surface area (Å²) in [6, 6.07) is 0. The molecule has 16 heavy (non-hydrogen) atoms. The van der Waals surface area contributed by atoms with E-state index in [0.29, 0.717) is 13.2 Å². The van der Waals surface area contributed by atoms with E-state index in [2.05, 4.69) is 0 Å². The molecule has 4 heteroatoms. The minimum Gasteiger partial charge on any atom is -0.347 e. The Morgan fingerprint density at radius 1 is 0.812 bits per heavy atom. The highest BCUT2D eigenvalue weighted by atomic mass is 16.7. The maximum Gasteiger partial charge on any atom is 0.163 e. The Labute approximate surface area is 96.5 Å². The van der Waals surface area contributed by atoms with Crippen LogP contribution in [0.4, 0.5) is 0 Å². The average molecular weight is 228 g/mol. The van der Waals surface area contributed by atoms with E-state index in [1.54, 1.807) is 0 Å². The van der Waals surface area contributed by atoms with Crippen LogP contribution in [0.3, 0.4) is 0 Å². The second-order valence-electron chi connectivity index (χ2n) is 5.12. The van der Waals surface area contributed by atoms with Gasteiger partial charge in [0.2, 0.25) is 0 Å². The average Bonchev–Trinajstić information content (AvgIpc) is 2.66. The molecule has 0 aromatic heterocycles. The predicted molar refractivity (Wildman–Crippen MR) is 58.9 cm³/mol. The normalized spacial score (nSPS) is 37.2. The van der Waals surface area contributed by atoms with Crippen LogP contribution < -0.4 is 0 Å². The van der Waals surface area contributed by atoms with Crippen LogP contribution >= 0.6 is 0 Å². The van der Waals surface area contributed by atoms with Crippen LogP contribution in [0.25, 0.3) is 0 Å². The fraction of sp³-hybridized carbons (Fsp3) is 0.833.